The van der Waals surface area contributed by atoms with Crippen LogP contribution in [0, 0.1) is 13.8 Å². The Hall–Kier alpha value is -1.06. The van der Waals surface area contributed by atoms with E-state index in [0.29, 0.717) is 5.15 Å². The monoisotopic (exact) mass is 252 g/mol. The highest BCUT2D eigenvalue weighted by molar-refractivity contribution is 7.10. The molecule has 0 unspecified atom stereocenters. The maximum atomic E-state index is 5.87. The number of pyridine rings is 1. The molecule has 0 spiro atoms. The third kappa shape index (κ3) is 2.54. The van der Waals surface area contributed by atoms with E-state index in [-0.39, 0.29) is 0 Å². The normalized spacial score (nSPS) is 10.4. The van der Waals surface area contributed by atoms with E-state index in [4.69, 9.17) is 11.6 Å². The van der Waals surface area contributed by atoms with E-state index in [1.165, 1.54) is 10.4 Å². The summed E-state index contributed by atoms with van der Waals surface area (Å²) in [5.41, 5.74) is 3.33. The van der Waals surface area contributed by atoms with Crippen LogP contribution in [0.3, 0.4) is 0 Å². The maximum Gasteiger partial charge on any atom is 0.132 e. The van der Waals surface area contributed by atoms with Gasteiger partial charge in [-0.2, -0.15) is 0 Å². The van der Waals surface area contributed by atoms with Crippen LogP contribution in [0.4, 0.5) is 5.69 Å². The number of nitrogens with zero attached hydrogens (tertiary/aromatic N) is 1. The van der Waals surface area contributed by atoms with Gasteiger partial charge in [-0.05, 0) is 42.5 Å². The molecule has 0 saturated heterocycles. The second kappa shape index (κ2) is 4.85. The minimum atomic E-state index is 0.567. The second-order valence-corrected chi connectivity index (χ2v) is 5.07. The van der Waals surface area contributed by atoms with Crippen molar-refractivity contribution in [3.05, 3.63) is 44.9 Å². The van der Waals surface area contributed by atoms with Gasteiger partial charge in [0.2, 0.25) is 0 Å². The number of anilines is 1. The molecule has 0 saturated carbocycles. The van der Waals surface area contributed by atoms with Gasteiger partial charge in [0, 0.05) is 11.4 Å². The number of nitrogens with one attached hydrogen (secondary N) is 1. The molecule has 84 valence electrons. The summed E-state index contributed by atoms with van der Waals surface area (Å²) in [5.74, 6) is 0. The van der Waals surface area contributed by atoms with Gasteiger partial charge < -0.3 is 5.32 Å². The predicted molar refractivity (Wildman–Crippen MR) is 70.4 cm³/mol. The van der Waals surface area contributed by atoms with Gasteiger partial charge in [0.25, 0.3) is 0 Å². The molecule has 0 aromatic carbocycles. The van der Waals surface area contributed by atoms with Gasteiger partial charge in [-0.15, -0.1) is 11.3 Å². The van der Waals surface area contributed by atoms with Crippen LogP contribution in [0.1, 0.15) is 16.0 Å². The third-order valence-corrected chi connectivity index (χ3v) is 3.85. The molecule has 0 bridgehead atoms. The zero-order valence-corrected chi connectivity index (χ0v) is 10.8. The number of rotatable bonds is 3. The Morgan fingerprint density at radius 1 is 1.38 bits per heavy atom. The number of thiophene rings is 1. The summed E-state index contributed by atoms with van der Waals surface area (Å²) < 4.78 is 0. The Balaban J connectivity index is 2.05. The van der Waals surface area contributed by atoms with E-state index in [2.05, 4.69) is 28.7 Å². The minimum absolute atomic E-state index is 0.567. The summed E-state index contributed by atoms with van der Waals surface area (Å²) in [6, 6.07) is 4.14. The molecule has 0 aliphatic rings. The molecule has 2 nitrogen and oxygen atoms in total. The molecule has 1 N–H and O–H groups in total. The highest BCUT2D eigenvalue weighted by Crippen LogP contribution is 2.19. The number of aromatic nitrogens is 1. The Labute approximate surface area is 104 Å². The van der Waals surface area contributed by atoms with Crippen LogP contribution in [-0.2, 0) is 6.54 Å². The first-order valence-corrected chi connectivity index (χ1v) is 6.31. The quantitative estimate of drug-likeness (QED) is 0.835. The molecule has 0 radical (unpaired) electrons. The summed E-state index contributed by atoms with van der Waals surface area (Å²) in [6.07, 6.45) is 1.76. The topological polar surface area (TPSA) is 24.9 Å². The summed E-state index contributed by atoms with van der Waals surface area (Å²) in [4.78, 5) is 5.46. The maximum absolute atomic E-state index is 5.87. The van der Waals surface area contributed by atoms with Crippen molar-refractivity contribution >= 4 is 28.6 Å². The first-order valence-electron chi connectivity index (χ1n) is 5.06. The summed E-state index contributed by atoms with van der Waals surface area (Å²) in [5, 5.41) is 6.02. The minimum Gasteiger partial charge on any atom is -0.379 e. The fourth-order valence-electron chi connectivity index (χ4n) is 1.42. The van der Waals surface area contributed by atoms with E-state index >= 15 is 0 Å². The molecule has 2 rings (SSSR count). The molecular formula is C12H13ClN2S. The van der Waals surface area contributed by atoms with Gasteiger partial charge in [0.15, 0.2) is 0 Å². The average Bonchev–Trinajstić information content (AvgIpc) is 2.66. The number of aryl methyl sites for hydroxylation is 2. The van der Waals surface area contributed by atoms with E-state index < -0.39 is 0 Å². The molecule has 2 aromatic rings. The van der Waals surface area contributed by atoms with Crippen molar-refractivity contribution in [2.24, 2.45) is 0 Å². The van der Waals surface area contributed by atoms with Crippen LogP contribution in [0.2, 0.25) is 5.15 Å². The van der Waals surface area contributed by atoms with Crippen LogP contribution in [0.5, 0.6) is 0 Å². The fraction of sp³-hybridized carbons (Fsp3) is 0.250. The van der Waals surface area contributed by atoms with E-state index in [1.54, 1.807) is 17.5 Å². The van der Waals surface area contributed by atoms with Gasteiger partial charge in [-0.25, -0.2) is 4.98 Å². The van der Waals surface area contributed by atoms with E-state index in [9.17, 15) is 0 Å². The van der Waals surface area contributed by atoms with Crippen LogP contribution in [0.15, 0.2) is 23.7 Å². The van der Waals surface area contributed by atoms with Crippen LogP contribution < -0.4 is 5.32 Å². The summed E-state index contributed by atoms with van der Waals surface area (Å²) in [7, 11) is 0. The van der Waals surface area contributed by atoms with Crippen molar-refractivity contribution in [3.8, 4) is 0 Å². The Kier molecular flexibility index (Phi) is 3.46. The van der Waals surface area contributed by atoms with Crippen molar-refractivity contribution in [1.29, 1.82) is 0 Å². The van der Waals surface area contributed by atoms with Crippen molar-refractivity contribution < 1.29 is 0 Å². The largest absolute Gasteiger partial charge is 0.379 e. The Morgan fingerprint density at radius 3 is 2.81 bits per heavy atom. The third-order valence-electron chi connectivity index (χ3n) is 2.44. The van der Waals surface area contributed by atoms with Crippen LogP contribution >= 0.6 is 22.9 Å². The lowest BCUT2D eigenvalue weighted by atomic mass is 10.2. The van der Waals surface area contributed by atoms with Crippen molar-refractivity contribution in [2.75, 3.05) is 5.32 Å². The van der Waals surface area contributed by atoms with Gasteiger partial charge in [0.1, 0.15) is 5.15 Å². The zero-order valence-electron chi connectivity index (χ0n) is 9.25. The molecule has 0 atom stereocenters. The molecule has 0 aliphatic heterocycles. The van der Waals surface area contributed by atoms with Gasteiger partial charge in [-0.1, -0.05) is 11.6 Å². The summed E-state index contributed by atoms with van der Waals surface area (Å²) >= 11 is 7.64. The van der Waals surface area contributed by atoms with Crippen molar-refractivity contribution in [1.82, 2.24) is 4.98 Å². The lowest BCUT2D eigenvalue weighted by molar-refractivity contribution is 1.14. The van der Waals surface area contributed by atoms with Gasteiger partial charge in [-0.3, -0.25) is 0 Å². The molecule has 0 amide bonds. The number of hydrogen-bond donors (Lipinski definition) is 1. The fourth-order valence-corrected chi connectivity index (χ4v) is 2.37. The van der Waals surface area contributed by atoms with E-state index in [1.807, 2.05) is 13.0 Å². The Bertz CT molecular complexity index is 494. The SMILES string of the molecule is Cc1cc(NCc2sccc2C)cnc1Cl. The smallest absolute Gasteiger partial charge is 0.132 e. The van der Waals surface area contributed by atoms with Gasteiger partial charge in [0.05, 0.1) is 11.9 Å². The lowest BCUT2D eigenvalue weighted by Gasteiger charge is -2.06. The Morgan fingerprint density at radius 2 is 2.19 bits per heavy atom. The molecule has 0 fully saturated rings. The summed E-state index contributed by atoms with van der Waals surface area (Å²) in [6.45, 7) is 4.92. The molecule has 4 heteroatoms. The van der Waals surface area contributed by atoms with E-state index in [0.717, 1.165) is 17.8 Å². The highest BCUT2D eigenvalue weighted by Gasteiger charge is 2.01. The molecule has 2 aromatic heterocycles. The first kappa shape index (κ1) is 11.4. The average molecular weight is 253 g/mol. The van der Waals surface area contributed by atoms with Crippen LogP contribution in [-0.4, -0.2) is 4.98 Å². The number of halogens is 1. The molecule has 0 aliphatic carbocycles. The van der Waals surface area contributed by atoms with Crippen molar-refractivity contribution in [2.45, 2.75) is 20.4 Å². The zero-order chi connectivity index (χ0) is 11.5. The predicted octanol–water partition coefficient (Wildman–Crippen LogP) is 4.03. The molecular weight excluding hydrogens is 240 g/mol. The molecule has 16 heavy (non-hydrogen) atoms. The first-order chi connectivity index (χ1) is 7.66. The standard InChI is InChI=1S/C12H13ClN2S/c1-8-3-4-16-11(8)7-14-10-5-9(2)12(13)15-6-10/h3-6,14H,7H2,1-2H3. The molecule has 2 heterocycles. The van der Waals surface area contributed by atoms with Crippen LogP contribution in [0.25, 0.3) is 0 Å². The lowest BCUT2D eigenvalue weighted by Crippen LogP contribution is -1.99. The second-order valence-electron chi connectivity index (χ2n) is 3.71. The van der Waals surface area contributed by atoms with Crippen molar-refractivity contribution in [3.63, 3.8) is 0 Å². The van der Waals surface area contributed by atoms with Gasteiger partial charge >= 0.3 is 0 Å². The number of hydrogen-bond acceptors (Lipinski definition) is 3. The highest BCUT2D eigenvalue weighted by atomic mass is 35.5.